The van der Waals surface area contributed by atoms with E-state index < -0.39 is 0 Å². The highest BCUT2D eigenvalue weighted by atomic mass is 16.5. The summed E-state index contributed by atoms with van der Waals surface area (Å²) in [5.41, 5.74) is 8.30. The fourth-order valence-electron chi connectivity index (χ4n) is 3.14. The summed E-state index contributed by atoms with van der Waals surface area (Å²) in [6, 6.07) is 15.1. The molecule has 1 unspecified atom stereocenters. The average Bonchev–Trinajstić information content (AvgIpc) is 3.03. The second-order valence-corrected chi connectivity index (χ2v) is 6.17. The molecule has 6 heteroatoms. The number of hydrogen-bond donors (Lipinski definition) is 1. The highest BCUT2D eigenvalue weighted by Crippen LogP contribution is 2.36. The number of amides is 1. The SMILES string of the molecule is COc1ccc(C2CC(=O)N(c3cccc(N)c3)C2)cc1OCCC#N. The van der Waals surface area contributed by atoms with Crippen LogP contribution in [0.5, 0.6) is 11.5 Å². The van der Waals surface area contributed by atoms with Crippen molar-refractivity contribution in [1.82, 2.24) is 0 Å². The number of hydrogen-bond acceptors (Lipinski definition) is 5. The number of ether oxygens (including phenoxy) is 2. The van der Waals surface area contributed by atoms with Crippen molar-refractivity contribution in [3.05, 3.63) is 48.0 Å². The smallest absolute Gasteiger partial charge is 0.227 e. The molecule has 1 fully saturated rings. The standard InChI is InChI=1S/C20H21N3O3/c1-25-18-7-6-14(10-19(18)26-9-3-8-21)15-11-20(24)23(13-15)17-5-2-4-16(22)12-17/h2,4-7,10,12,15H,3,9,11,13,22H2,1H3. The molecular formula is C20H21N3O3. The predicted molar refractivity (Wildman–Crippen MR) is 99.3 cm³/mol. The zero-order chi connectivity index (χ0) is 18.5. The molecule has 0 saturated carbocycles. The normalized spacial score (nSPS) is 16.4. The molecule has 0 spiro atoms. The van der Waals surface area contributed by atoms with E-state index in [9.17, 15) is 4.79 Å². The molecular weight excluding hydrogens is 330 g/mol. The van der Waals surface area contributed by atoms with Crippen molar-refractivity contribution in [3.8, 4) is 17.6 Å². The number of carbonyl (C=O) groups excluding carboxylic acids is 1. The highest BCUT2D eigenvalue weighted by Gasteiger charge is 2.32. The Labute approximate surface area is 152 Å². The van der Waals surface area contributed by atoms with Crippen molar-refractivity contribution in [2.75, 3.05) is 30.9 Å². The summed E-state index contributed by atoms with van der Waals surface area (Å²) in [6.45, 7) is 0.890. The average molecular weight is 351 g/mol. The van der Waals surface area contributed by atoms with Crippen molar-refractivity contribution in [3.63, 3.8) is 0 Å². The van der Waals surface area contributed by atoms with E-state index in [2.05, 4.69) is 6.07 Å². The van der Waals surface area contributed by atoms with Crippen LogP contribution >= 0.6 is 0 Å². The Kier molecular flexibility index (Phi) is 5.28. The number of nitrogens with two attached hydrogens (primary N) is 1. The Hall–Kier alpha value is -3.20. The fraction of sp³-hybridized carbons (Fsp3) is 0.300. The van der Waals surface area contributed by atoms with Crippen molar-refractivity contribution in [1.29, 1.82) is 5.26 Å². The number of methoxy groups -OCH3 is 1. The van der Waals surface area contributed by atoms with E-state index in [0.29, 0.717) is 43.2 Å². The largest absolute Gasteiger partial charge is 0.493 e. The molecule has 2 aromatic rings. The first kappa shape index (κ1) is 17.6. The first-order valence-corrected chi connectivity index (χ1v) is 8.46. The highest BCUT2D eigenvalue weighted by molar-refractivity contribution is 5.96. The van der Waals surface area contributed by atoms with Gasteiger partial charge in [0.25, 0.3) is 0 Å². The van der Waals surface area contributed by atoms with Gasteiger partial charge in [-0.1, -0.05) is 12.1 Å². The lowest BCUT2D eigenvalue weighted by molar-refractivity contribution is -0.117. The van der Waals surface area contributed by atoms with Gasteiger partial charge in [-0.15, -0.1) is 0 Å². The van der Waals surface area contributed by atoms with Gasteiger partial charge in [-0.25, -0.2) is 0 Å². The van der Waals surface area contributed by atoms with Gasteiger partial charge in [0.1, 0.15) is 6.61 Å². The molecule has 0 bridgehead atoms. The lowest BCUT2D eigenvalue weighted by Crippen LogP contribution is -2.24. The Bertz CT molecular complexity index is 844. The molecule has 1 aliphatic heterocycles. The third-order valence-electron chi connectivity index (χ3n) is 4.44. The minimum absolute atomic E-state index is 0.0631. The van der Waals surface area contributed by atoms with E-state index >= 15 is 0 Å². The maximum Gasteiger partial charge on any atom is 0.227 e. The molecule has 134 valence electrons. The summed E-state index contributed by atoms with van der Waals surface area (Å²) in [6.07, 6.45) is 0.733. The van der Waals surface area contributed by atoms with Gasteiger partial charge >= 0.3 is 0 Å². The van der Waals surface area contributed by atoms with Crippen LogP contribution in [-0.4, -0.2) is 26.2 Å². The van der Waals surface area contributed by atoms with Gasteiger partial charge in [-0.3, -0.25) is 4.79 Å². The fourth-order valence-corrected chi connectivity index (χ4v) is 3.14. The molecule has 1 heterocycles. The molecule has 1 aliphatic rings. The third-order valence-corrected chi connectivity index (χ3v) is 4.44. The van der Waals surface area contributed by atoms with Crippen LogP contribution in [0.1, 0.15) is 24.3 Å². The van der Waals surface area contributed by atoms with E-state index in [-0.39, 0.29) is 11.8 Å². The van der Waals surface area contributed by atoms with Gasteiger partial charge in [-0.2, -0.15) is 5.26 Å². The molecule has 3 rings (SSSR count). The number of carbonyl (C=O) groups is 1. The number of nitriles is 1. The van der Waals surface area contributed by atoms with Crippen LogP contribution in [0.4, 0.5) is 11.4 Å². The van der Waals surface area contributed by atoms with E-state index in [1.807, 2.05) is 36.4 Å². The number of anilines is 2. The van der Waals surface area contributed by atoms with Gasteiger partial charge in [-0.05, 0) is 35.9 Å². The maximum atomic E-state index is 12.5. The minimum atomic E-state index is 0.0631. The summed E-state index contributed by atoms with van der Waals surface area (Å²) >= 11 is 0. The molecule has 0 radical (unpaired) electrons. The number of nitrogen functional groups attached to an aromatic ring is 1. The predicted octanol–water partition coefficient (Wildman–Crippen LogP) is 3.09. The van der Waals surface area contributed by atoms with Crippen LogP contribution < -0.4 is 20.1 Å². The number of benzene rings is 2. The minimum Gasteiger partial charge on any atom is -0.493 e. The second kappa shape index (κ2) is 7.79. The van der Waals surface area contributed by atoms with Crippen LogP contribution in [0, 0.1) is 11.3 Å². The Balaban J connectivity index is 1.80. The van der Waals surface area contributed by atoms with Gasteiger partial charge in [0.15, 0.2) is 11.5 Å². The lowest BCUT2D eigenvalue weighted by Gasteiger charge is -2.18. The Morgan fingerprint density at radius 1 is 1.27 bits per heavy atom. The van der Waals surface area contributed by atoms with E-state index in [0.717, 1.165) is 11.3 Å². The molecule has 0 aliphatic carbocycles. The molecule has 1 saturated heterocycles. The molecule has 2 N–H and O–H groups in total. The summed E-state index contributed by atoms with van der Waals surface area (Å²) in [5, 5.41) is 8.67. The zero-order valence-electron chi connectivity index (χ0n) is 14.6. The van der Waals surface area contributed by atoms with Crippen LogP contribution in [-0.2, 0) is 4.79 Å². The molecule has 2 aromatic carbocycles. The van der Waals surface area contributed by atoms with E-state index in [1.165, 1.54) is 0 Å². The third kappa shape index (κ3) is 3.72. The first-order valence-electron chi connectivity index (χ1n) is 8.46. The lowest BCUT2D eigenvalue weighted by atomic mass is 9.98. The quantitative estimate of drug-likeness (QED) is 0.638. The van der Waals surface area contributed by atoms with Crippen LogP contribution in [0.15, 0.2) is 42.5 Å². The van der Waals surface area contributed by atoms with Crippen LogP contribution in [0.2, 0.25) is 0 Å². The van der Waals surface area contributed by atoms with Gasteiger partial charge in [0, 0.05) is 30.3 Å². The summed E-state index contributed by atoms with van der Waals surface area (Å²) in [5.74, 6) is 1.34. The van der Waals surface area contributed by atoms with Crippen molar-refractivity contribution < 1.29 is 14.3 Å². The first-order chi connectivity index (χ1) is 12.6. The summed E-state index contributed by atoms with van der Waals surface area (Å²) < 4.78 is 11.0. The number of rotatable bonds is 6. The van der Waals surface area contributed by atoms with Crippen molar-refractivity contribution >= 4 is 17.3 Å². The summed E-state index contributed by atoms with van der Waals surface area (Å²) in [7, 11) is 1.58. The molecule has 26 heavy (non-hydrogen) atoms. The van der Waals surface area contributed by atoms with Gasteiger partial charge in [0.05, 0.1) is 19.6 Å². The molecule has 1 amide bonds. The monoisotopic (exact) mass is 351 g/mol. The Morgan fingerprint density at radius 2 is 2.12 bits per heavy atom. The molecule has 1 atom stereocenters. The van der Waals surface area contributed by atoms with E-state index in [1.54, 1.807) is 18.1 Å². The van der Waals surface area contributed by atoms with Crippen LogP contribution in [0.25, 0.3) is 0 Å². The maximum absolute atomic E-state index is 12.5. The molecule has 0 aromatic heterocycles. The molecule has 6 nitrogen and oxygen atoms in total. The summed E-state index contributed by atoms with van der Waals surface area (Å²) in [4.78, 5) is 14.2. The van der Waals surface area contributed by atoms with Gasteiger partial charge < -0.3 is 20.1 Å². The second-order valence-electron chi connectivity index (χ2n) is 6.17. The van der Waals surface area contributed by atoms with Gasteiger partial charge in [0.2, 0.25) is 5.91 Å². The van der Waals surface area contributed by atoms with Crippen molar-refractivity contribution in [2.24, 2.45) is 0 Å². The number of nitrogens with zero attached hydrogens (tertiary/aromatic N) is 2. The van der Waals surface area contributed by atoms with Crippen LogP contribution in [0.3, 0.4) is 0 Å². The topological polar surface area (TPSA) is 88.6 Å². The van der Waals surface area contributed by atoms with E-state index in [4.69, 9.17) is 20.5 Å². The zero-order valence-corrected chi connectivity index (χ0v) is 14.6. The van der Waals surface area contributed by atoms with Crippen molar-refractivity contribution in [2.45, 2.75) is 18.8 Å². The Morgan fingerprint density at radius 3 is 2.85 bits per heavy atom.